The molecule has 29 heavy (non-hydrogen) atoms. The summed E-state index contributed by atoms with van der Waals surface area (Å²) in [6.07, 6.45) is 4.21. The molecule has 1 aliphatic heterocycles. The number of aliphatic hydroxyl groups is 1. The third kappa shape index (κ3) is 3.79. The highest BCUT2D eigenvalue weighted by molar-refractivity contribution is 6.46. The van der Waals surface area contributed by atoms with E-state index in [1.54, 1.807) is 18.2 Å². The van der Waals surface area contributed by atoms with Crippen LogP contribution in [0.3, 0.4) is 0 Å². The van der Waals surface area contributed by atoms with Gasteiger partial charge in [0, 0.05) is 6.54 Å². The highest BCUT2D eigenvalue weighted by atomic mass is 16.5. The molecule has 0 radical (unpaired) electrons. The Morgan fingerprint density at radius 1 is 1.24 bits per heavy atom. The number of hydrogen-bond donors (Lipinski definition) is 1. The number of benzene rings is 1. The summed E-state index contributed by atoms with van der Waals surface area (Å²) in [6, 6.07) is 6.36. The minimum Gasteiger partial charge on any atom is -0.507 e. The number of furan rings is 1. The molecule has 1 unspecified atom stereocenters. The number of amides is 1. The number of methoxy groups -OCH3 is 1. The minimum atomic E-state index is -0.757. The van der Waals surface area contributed by atoms with E-state index in [0.29, 0.717) is 23.6 Å². The molecule has 1 N–H and O–H groups in total. The van der Waals surface area contributed by atoms with E-state index in [1.807, 2.05) is 19.9 Å². The van der Waals surface area contributed by atoms with Crippen LogP contribution in [0, 0.1) is 13.8 Å². The van der Waals surface area contributed by atoms with Crippen molar-refractivity contribution in [2.75, 3.05) is 13.7 Å². The first kappa shape index (κ1) is 20.7. The zero-order chi connectivity index (χ0) is 21.1. The Bertz CT molecular complexity index is 942. The molecule has 0 spiro atoms. The zero-order valence-electron chi connectivity index (χ0n) is 17.3. The van der Waals surface area contributed by atoms with Crippen LogP contribution in [0.15, 0.2) is 40.5 Å². The number of likely N-dealkylation sites (tertiary alicyclic amines) is 1. The summed E-state index contributed by atoms with van der Waals surface area (Å²) in [5.74, 6) is -0.644. The second-order valence-corrected chi connectivity index (χ2v) is 7.38. The maximum Gasteiger partial charge on any atom is 0.295 e. The summed E-state index contributed by atoms with van der Waals surface area (Å²) < 4.78 is 11.0. The van der Waals surface area contributed by atoms with Gasteiger partial charge in [0.25, 0.3) is 11.7 Å². The van der Waals surface area contributed by atoms with Gasteiger partial charge in [-0.3, -0.25) is 9.59 Å². The van der Waals surface area contributed by atoms with Gasteiger partial charge in [-0.05, 0) is 49.6 Å². The van der Waals surface area contributed by atoms with E-state index in [2.05, 4.69) is 6.92 Å². The van der Waals surface area contributed by atoms with Gasteiger partial charge in [-0.2, -0.15) is 0 Å². The SMILES string of the molecule is CCCCCN1C(=O)C(=O)/C(=C(\O)c2cc(C)cc(C)c2OC)C1c1ccco1. The lowest BCUT2D eigenvalue weighted by Crippen LogP contribution is -2.30. The molecule has 0 aliphatic carbocycles. The third-order valence-electron chi connectivity index (χ3n) is 5.23. The summed E-state index contributed by atoms with van der Waals surface area (Å²) in [4.78, 5) is 27.2. The van der Waals surface area contributed by atoms with Crippen molar-refractivity contribution in [3.8, 4) is 5.75 Å². The van der Waals surface area contributed by atoms with Crippen LogP contribution >= 0.6 is 0 Å². The van der Waals surface area contributed by atoms with Crippen molar-refractivity contribution in [3.05, 3.63) is 58.6 Å². The van der Waals surface area contributed by atoms with Gasteiger partial charge < -0.3 is 19.2 Å². The lowest BCUT2D eigenvalue weighted by Gasteiger charge is -2.23. The molecule has 0 saturated carbocycles. The summed E-state index contributed by atoms with van der Waals surface area (Å²) in [6.45, 7) is 6.27. The average molecular weight is 397 g/mol. The molecule has 3 rings (SSSR count). The first-order valence-electron chi connectivity index (χ1n) is 9.88. The van der Waals surface area contributed by atoms with Crippen LogP contribution < -0.4 is 4.74 Å². The summed E-state index contributed by atoms with van der Waals surface area (Å²) in [5.41, 5.74) is 2.18. The Morgan fingerprint density at radius 3 is 2.62 bits per heavy atom. The summed E-state index contributed by atoms with van der Waals surface area (Å²) in [7, 11) is 1.52. The number of aryl methyl sites for hydroxylation is 2. The number of carbonyl (C=O) groups is 2. The average Bonchev–Trinajstić information content (AvgIpc) is 3.29. The second-order valence-electron chi connectivity index (χ2n) is 7.38. The van der Waals surface area contributed by atoms with E-state index in [-0.39, 0.29) is 11.3 Å². The minimum absolute atomic E-state index is 0.0322. The number of carbonyl (C=O) groups excluding carboxylic acids is 2. The van der Waals surface area contributed by atoms with Crippen LogP contribution in [-0.4, -0.2) is 35.4 Å². The zero-order valence-corrected chi connectivity index (χ0v) is 17.3. The molecule has 6 heteroatoms. The number of hydrogen-bond acceptors (Lipinski definition) is 5. The molecule has 1 amide bonds. The molecule has 2 aromatic rings. The molecule has 1 aromatic heterocycles. The van der Waals surface area contributed by atoms with Crippen molar-refractivity contribution in [2.24, 2.45) is 0 Å². The van der Waals surface area contributed by atoms with Gasteiger partial charge in [-0.25, -0.2) is 0 Å². The molecule has 1 atom stereocenters. The van der Waals surface area contributed by atoms with Crippen LogP contribution in [0.5, 0.6) is 5.75 Å². The van der Waals surface area contributed by atoms with E-state index < -0.39 is 17.7 Å². The van der Waals surface area contributed by atoms with Crippen molar-refractivity contribution in [3.63, 3.8) is 0 Å². The normalized spacial score (nSPS) is 18.5. The van der Waals surface area contributed by atoms with Gasteiger partial charge >= 0.3 is 0 Å². The quantitative estimate of drug-likeness (QED) is 0.322. The van der Waals surface area contributed by atoms with E-state index >= 15 is 0 Å². The monoisotopic (exact) mass is 397 g/mol. The third-order valence-corrected chi connectivity index (χ3v) is 5.23. The van der Waals surface area contributed by atoms with E-state index in [4.69, 9.17) is 9.15 Å². The molecule has 0 bridgehead atoms. The molecule has 2 heterocycles. The molecule has 6 nitrogen and oxygen atoms in total. The fourth-order valence-corrected chi connectivity index (χ4v) is 3.93. The Morgan fingerprint density at radius 2 is 2.00 bits per heavy atom. The largest absolute Gasteiger partial charge is 0.507 e. The van der Waals surface area contributed by atoms with Gasteiger partial charge in [-0.1, -0.05) is 25.8 Å². The standard InChI is InChI=1S/C23H27NO5/c1-5-6-7-10-24-19(17-9-8-11-29-17)18(21(26)23(24)27)20(25)16-13-14(2)12-15(3)22(16)28-4/h8-9,11-13,19,25H,5-7,10H2,1-4H3/b20-18-. The second kappa shape index (κ2) is 8.55. The fourth-order valence-electron chi connectivity index (χ4n) is 3.93. The van der Waals surface area contributed by atoms with Crippen molar-refractivity contribution in [2.45, 2.75) is 46.1 Å². The van der Waals surface area contributed by atoms with Gasteiger partial charge in [0.05, 0.1) is 24.5 Å². The number of ether oxygens (including phenoxy) is 1. The van der Waals surface area contributed by atoms with Crippen LogP contribution in [-0.2, 0) is 9.59 Å². The van der Waals surface area contributed by atoms with Gasteiger partial charge in [0.2, 0.25) is 0 Å². The predicted octanol–water partition coefficient (Wildman–Crippen LogP) is 4.52. The van der Waals surface area contributed by atoms with Crippen molar-refractivity contribution >= 4 is 17.4 Å². The van der Waals surface area contributed by atoms with E-state index in [1.165, 1.54) is 18.3 Å². The summed E-state index contributed by atoms with van der Waals surface area (Å²) in [5, 5.41) is 11.2. The molecule has 154 valence electrons. The molecule has 1 aromatic carbocycles. The van der Waals surface area contributed by atoms with E-state index in [0.717, 1.165) is 30.4 Å². The lowest BCUT2D eigenvalue weighted by molar-refractivity contribution is -0.140. The number of Topliss-reactive ketones (excluding diaryl/α,β-unsaturated/α-hetero) is 1. The highest BCUT2D eigenvalue weighted by Gasteiger charge is 2.47. The molecular weight excluding hydrogens is 370 g/mol. The van der Waals surface area contributed by atoms with Gasteiger partial charge in [0.1, 0.15) is 23.3 Å². The number of aliphatic hydroxyl groups excluding tert-OH is 1. The number of unbranched alkanes of at least 4 members (excludes halogenated alkanes) is 2. The lowest BCUT2D eigenvalue weighted by atomic mass is 9.96. The first-order chi connectivity index (χ1) is 13.9. The topological polar surface area (TPSA) is 80.0 Å². The van der Waals surface area contributed by atoms with Crippen LogP contribution in [0.1, 0.15) is 54.7 Å². The Balaban J connectivity index is 2.17. The number of nitrogens with zero attached hydrogens (tertiary/aromatic N) is 1. The van der Waals surface area contributed by atoms with Crippen LogP contribution in [0.4, 0.5) is 0 Å². The number of ketones is 1. The van der Waals surface area contributed by atoms with Crippen LogP contribution in [0.25, 0.3) is 5.76 Å². The Hall–Kier alpha value is -3.02. The van der Waals surface area contributed by atoms with Gasteiger partial charge in [-0.15, -0.1) is 0 Å². The molecule has 1 fully saturated rings. The fraction of sp³-hybridized carbons (Fsp3) is 0.391. The number of rotatable bonds is 7. The smallest absolute Gasteiger partial charge is 0.295 e. The van der Waals surface area contributed by atoms with Crippen LogP contribution in [0.2, 0.25) is 0 Å². The maximum absolute atomic E-state index is 12.9. The van der Waals surface area contributed by atoms with Gasteiger partial charge in [0.15, 0.2) is 0 Å². The molecular formula is C23H27NO5. The first-order valence-corrected chi connectivity index (χ1v) is 9.88. The molecule has 1 aliphatic rings. The van der Waals surface area contributed by atoms with Crippen molar-refractivity contribution < 1.29 is 23.8 Å². The predicted molar refractivity (Wildman–Crippen MR) is 110 cm³/mol. The van der Waals surface area contributed by atoms with E-state index in [9.17, 15) is 14.7 Å². The highest BCUT2D eigenvalue weighted by Crippen LogP contribution is 2.42. The molecule has 1 saturated heterocycles. The maximum atomic E-state index is 12.9. The van der Waals surface area contributed by atoms with Crippen molar-refractivity contribution in [1.29, 1.82) is 0 Å². The Kier molecular flexibility index (Phi) is 6.11. The van der Waals surface area contributed by atoms with Crippen molar-refractivity contribution in [1.82, 2.24) is 4.90 Å². The summed E-state index contributed by atoms with van der Waals surface area (Å²) >= 11 is 0. The Labute approximate surface area is 170 Å².